The van der Waals surface area contributed by atoms with Gasteiger partial charge in [0.1, 0.15) is 5.75 Å². The molecule has 0 saturated heterocycles. The predicted molar refractivity (Wildman–Crippen MR) is 103 cm³/mol. The molecule has 1 unspecified atom stereocenters. The third kappa shape index (κ3) is 6.48. The van der Waals surface area contributed by atoms with Crippen LogP contribution in [0.15, 0.2) is 54.6 Å². The largest absolute Gasteiger partial charge is 0.494 e. The summed E-state index contributed by atoms with van der Waals surface area (Å²) in [4.78, 5) is 2.28. The molecular formula is C21H27N3O. The van der Waals surface area contributed by atoms with Crippen molar-refractivity contribution >= 4 is 5.69 Å². The van der Waals surface area contributed by atoms with Gasteiger partial charge in [0.15, 0.2) is 0 Å². The molecule has 0 aliphatic rings. The highest BCUT2D eigenvalue weighted by atomic mass is 16.5. The fourth-order valence-electron chi connectivity index (χ4n) is 2.57. The maximum Gasteiger partial charge on any atom is 0.119 e. The minimum atomic E-state index is 0.396. The third-order valence-electron chi connectivity index (χ3n) is 4.19. The van der Waals surface area contributed by atoms with Crippen molar-refractivity contribution < 1.29 is 4.74 Å². The van der Waals surface area contributed by atoms with Crippen LogP contribution < -0.4 is 15.0 Å². The number of ether oxygens (including phenoxy) is 1. The first-order valence-corrected chi connectivity index (χ1v) is 8.78. The van der Waals surface area contributed by atoms with E-state index in [0.717, 1.165) is 25.3 Å². The van der Waals surface area contributed by atoms with Crippen molar-refractivity contribution in [3.63, 3.8) is 0 Å². The number of benzene rings is 2. The maximum absolute atomic E-state index is 8.54. The third-order valence-corrected chi connectivity index (χ3v) is 4.19. The lowest BCUT2D eigenvalue weighted by Crippen LogP contribution is -2.37. The average molecular weight is 337 g/mol. The first-order valence-electron chi connectivity index (χ1n) is 8.78. The van der Waals surface area contributed by atoms with E-state index in [9.17, 15) is 0 Å². The summed E-state index contributed by atoms with van der Waals surface area (Å²) >= 11 is 0. The summed E-state index contributed by atoms with van der Waals surface area (Å²) < 4.78 is 5.69. The molecule has 0 saturated carbocycles. The van der Waals surface area contributed by atoms with Crippen LogP contribution in [-0.2, 0) is 6.54 Å². The van der Waals surface area contributed by atoms with E-state index in [1.165, 1.54) is 11.3 Å². The van der Waals surface area contributed by atoms with Crippen molar-refractivity contribution in [2.45, 2.75) is 32.4 Å². The lowest BCUT2D eigenvalue weighted by Gasteiger charge is -2.27. The normalized spacial score (nSPS) is 11.6. The van der Waals surface area contributed by atoms with Crippen LogP contribution in [0.25, 0.3) is 0 Å². The van der Waals surface area contributed by atoms with Gasteiger partial charge in [-0.25, -0.2) is 0 Å². The molecule has 2 aromatic carbocycles. The number of nitrogens with zero attached hydrogens (tertiary/aromatic N) is 2. The molecule has 1 atom stereocenters. The zero-order valence-electron chi connectivity index (χ0n) is 15.1. The van der Waals surface area contributed by atoms with E-state index >= 15 is 0 Å². The van der Waals surface area contributed by atoms with E-state index < -0.39 is 0 Å². The van der Waals surface area contributed by atoms with Crippen molar-refractivity contribution in [2.75, 3.05) is 25.1 Å². The van der Waals surface area contributed by atoms with Gasteiger partial charge < -0.3 is 15.0 Å². The molecule has 0 fully saturated rings. The van der Waals surface area contributed by atoms with Gasteiger partial charge in [0.05, 0.1) is 12.7 Å². The summed E-state index contributed by atoms with van der Waals surface area (Å²) in [6, 6.07) is 21.1. The quantitative estimate of drug-likeness (QED) is 0.666. The number of para-hydroxylation sites is 1. The Labute approximate surface area is 151 Å². The van der Waals surface area contributed by atoms with Gasteiger partial charge in [0.25, 0.3) is 0 Å². The second kappa shape index (κ2) is 10.4. The summed E-state index contributed by atoms with van der Waals surface area (Å²) in [5.74, 6) is 0.867. The van der Waals surface area contributed by atoms with Crippen molar-refractivity contribution in [1.29, 1.82) is 5.26 Å². The molecule has 1 N–H and O–H groups in total. The second-order valence-corrected chi connectivity index (χ2v) is 6.18. The topological polar surface area (TPSA) is 48.3 Å². The van der Waals surface area contributed by atoms with Gasteiger partial charge in [-0.2, -0.15) is 5.26 Å². The van der Waals surface area contributed by atoms with Crippen LogP contribution in [0.4, 0.5) is 5.69 Å². The van der Waals surface area contributed by atoms with Crippen LogP contribution in [0, 0.1) is 11.3 Å². The first kappa shape index (κ1) is 18.8. The highest BCUT2D eigenvalue weighted by molar-refractivity contribution is 5.46. The predicted octanol–water partition coefficient (Wildman–Crippen LogP) is 3.98. The van der Waals surface area contributed by atoms with E-state index in [1.54, 1.807) is 0 Å². The van der Waals surface area contributed by atoms with Gasteiger partial charge in [-0.15, -0.1) is 0 Å². The molecule has 0 aromatic heterocycles. The number of anilines is 1. The molecular weight excluding hydrogens is 310 g/mol. The Bertz CT molecular complexity index is 666. The summed E-state index contributed by atoms with van der Waals surface area (Å²) in [5.41, 5.74) is 2.43. The Morgan fingerprint density at radius 1 is 1.16 bits per heavy atom. The number of nitrogens with one attached hydrogen (secondary N) is 1. The Morgan fingerprint density at radius 2 is 1.96 bits per heavy atom. The SMILES string of the molecule is CC(CNCc1cccc(OCCCC#N)c1)N(C)c1ccccc1. The van der Waals surface area contributed by atoms with Gasteiger partial charge >= 0.3 is 0 Å². The standard InChI is InChI=1S/C21H27N3O/c1-18(24(2)20-10-4-3-5-11-20)16-23-17-19-9-8-12-21(15-19)25-14-7-6-13-22/h3-5,8-12,15,18,23H,6-7,14,16-17H2,1-2H3. The van der Waals surface area contributed by atoms with Crippen LogP contribution in [0.5, 0.6) is 5.75 Å². The Balaban J connectivity index is 1.76. The first-order chi connectivity index (χ1) is 12.2. The van der Waals surface area contributed by atoms with Gasteiger partial charge in [-0.1, -0.05) is 30.3 Å². The summed E-state index contributed by atoms with van der Waals surface area (Å²) in [6.45, 7) is 4.51. The fourth-order valence-corrected chi connectivity index (χ4v) is 2.57. The monoisotopic (exact) mass is 337 g/mol. The van der Waals surface area contributed by atoms with Gasteiger partial charge in [0.2, 0.25) is 0 Å². The average Bonchev–Trinajstić information content (AvgIpc) is 2.65. The van der Waals surface area contributed by atoms with Crippen LogP contribution in [0.1, 0.15) is 25.3 Å². The lowest BCUT2D eigenvalue weighted by atomic mass is 10.2. The Morgan fingerprint density at radius 3 is 2.72 bits per heavy atom. The number of nitriles is 1. The van der Waals surface area contributed by atoms with E-state index in [1.807, 2.05) is 18.2 Å². The molecule has 4 nitrogen and oxygen atoms in total. The zero-order chi connectivity index (χ0) is 17.9. The number of hydrogen-bond acceptors (Lipinski definition) is 4. The van der Waals surface area contributed by atoms with E-state index in [-0.39, 0.29) is 0 Å². The minimum absolute atomic E-state index is 0.396. The van der Waals surface area contributed by atoms with Crippen LogP contribution in [-0.4, -0.2) is 26.2 Å². The number of rotatable bonds is 10. The molecule has 4 heteroatoms. The summed E-state index contributed by atoms with van der Waals surface area (Å²) in [6.07, 6.45) is 1.30. The van der Waals surface area contributed by atoms with Gasteiger partial charge in [0, 0.05) is 38.3 Å². The van der Waals surface area contributed by atoms with Crippen LogP contribution in [0.2, 0.25) is 0 Å². The molecule has 0 aliphatic heterocycles. The molecule has 0 radical (unpaired) electrons. The van der Waals surface area contributed by atoms with Crippen molar-refractivity contribution in [3.05, 3.63) is 60.2 Å². The van der Waals surface area contributed by atoms with Gasteiger partial charge in [-0.05, 0) is 43.2 Å². The molecule has 0 heterocycles. The molecule has 0 aliphatic carbocycles. The number of hydrogen-bond donors (Lipinski definition) is 1. The van der Waals surface area contributed by atoms with E-state index in [2.05, 4.69) is 66.7 Å². The molecule has 25 heavy (non-hydrogen) atoms. The Kier molecular flexibility index (Phi) is 7.81. The van der Waals surface area contributed by atoms with Crippen molar-refractivity contribution in [3.8, 4) is 11.8 Å². The number of likely N-dealkylation sites (N-methyl/N-ethyl adjacent to an activating group) is 1. The van der Waals surface area contributed by atoms with E-state index in [4.69, 9.17) is 10.00 Å². The second-order valence-electron chi connectivity index (χ2n) is 6.18. The molecule has 132 valence electrons. The summed E-state index contributed by atoms with van der Waals surface area (Å²) in [7, 11) is 2.12. The van der Waals surface area contributed by atoms with E-state index in [0.29, 0.717) is 19.1 Å². The fraction of sp³-hybridized carbons (Fsp3) is 0.381. The van der Waals surface area contributed by atoms with Crippen LogP contribution in [0.3, 0.4) is 0 Å². The highest BCUT2D eigenvalue weighted by Crippen LogP contribution is 2.15. The molecule has 2 rings (SSSR count). The smallest absolute Gasteiger partial charge is 0.119 e. The zero-order valence-corrected chi connectivity index (χ0v) is 15.1. The molecule has 0 spiro atoms. The van der Waals surface area contributed by atoms with Crippen molar-refractivity contribution in [1.82, 2.24) is 5.32 Å². The molecule has 2 aromatic rings. The van der Waals surface area contributed by atoms with Gasteiger partial charge in [-0.3, -0.25) is 0 Å². The lowest BCUT2D eigenvalue weighted by molar-refractivity contribution is 0.312. The Hall–Kier alpha value is -2.51. The molecule has 0 bridgehead atoms. The van der Waals surface area contributed by atoms with Crippen molar-refractivity contribution in [2.24, 2.45) is 0 Å². The van der Waals surface area contributed by atoms with Crippen LogP contribution >= 0.6 is 0 Å². The number of unbranched alkanes of at least 4 members (excludes halogenated alkanes) is 1. The molecule has 0 amide bonds. The highest BCUT2D eigenvalue weighted by Gasteiger charge is 2.09. The minimum Gasteiger partial charge on any atom is -0.494 e. The summed E-state index contributed by atoms with van der Waals surface area (Å²) in [5, 5.41) is 12.1. The maximum atomic E-state index is 8.54.